The van der Waals surface area contributed by atoms with Crippen LogP contribution in [-0.2, 0) is 28.2 Å². The van der Waals surface area contributed by atoms with Crippen LogP contribution in [0.1, 0.15) is 97.3 Å². The van der Waals surface area contributed by atoms with Gasteiger partial charge in [-0.1, -0.05) is 81.7 Å². The third kappa shape index (κ3) is 26.9. The van der Waals surface area contributed by atoms with E-state index in [1.807, 2.05) is 0 Å². The third-order valence-corrected chi connectivity index (χ3v) is 5.60. The van der Waals surface area contributed by atoms with Gasteiger partial charge < -0.3 is 19.3 Å². The summed E-state index contributed by atoms with van der Waals surface area (Å²) in [5.41, 5.74) is 0. The van der Waals surface area contributed by atoms with Crippen molar-refractivity contribution in [3.63, 3.8) is 0 Å². The number of rotatable bonds is 23. The molecule has 2 N–H and O–H groups in total. The summed E-state index contributed by atoms with van der Waals surface area (Å²) in [7, 11) is -4.74. The molecule has 0 aromatic rings. The van der Waals surface area contributed by atoms with E-state index in [0.717, 1.165) is 57.8 Å². The summed E-state index contributed by atoms with van der Waals surface area (Å²) < 4.78 is 25.8. The molecule has 0 aliphatic carbocycles. The van der Waals surface area contributed by atoms with Gasteiger partial charge in [-0.15, -0.1) is 0 Å². The molecule has 0 aromatic carbocycles. The molecule has 0 rings (SSSR count). The van der Waals surface area contributed by atoms with Crippen molar-refractivity contribution in [3.8, 4) is 0 Å². The lowest BCUT2D eigenvalue weighted by Crippen LogP contribution is -2.29. The van der Waals surface area contributed by atoms with Crippen molar-refractivity contribution in [3.05, 3.63) is 48.6 Å². The minimum absolute atomic E-state index is 0.158. The molecule has 37 heavy (non-hydrogen) atoms. The highest BCUT2D eigenvalue weighted by Crippen LogP contribution is 2.35. The second-order valence-electron chi connectivity index (χ2n) is 8.64. The van der Waals surface area contributed by atoms with Crippen molar-refractivity contribution in [1.29, 1.82) is 0 Å². The molecule has 212 valence electrons. The monoisotopic (exact) mass is 542 g/mol. The van der Waals surface area contributed by atoms with Gasteiger partial charge in [-0.2, -0.15) is 0 Å². The highest BCUT2D eigenvalue weighted by molar-refractivity contribution is 7.46. The summed E-state index contributed by atoms with van der Waals surface area (Å²) in [5, 5.41) is 0. The molecule has 0 amide bonds. The molecule has 0 fully saturated rings. The molecular weight excluding hydrogens is 495 g/mol. The lowest BCUT2D eigenvalue weighted by Gasteiger charge is -2.18. The van der Waals surface area contributed by atoms with Crippen LogP contribution in [0, 0.1) is 0 Å². The minimum atomic E-state index is -4.74. The number of hydrogen-bond donors (Lipinski definition) is 2. The molecule has 0 radical (unpaired) electrons. The SMILES string of the molecule is CC/C=C\C/C=C\C/C=C\C/C=C\CCCCC(=O)OC(COC(=O)CCCCCC)COP(=O)(O)O. The number of phosphoric acid groups is 1. The Labute approximate surface area is 223 Å². The number of ether oxygens (including phenoxy) is 2. The van der Waals surface area contributed by atoms with Gasteiger partial charge in [0.15, 0.2) is 6.10 Å². The summed E-state index contributed by atoms with van der Waals surface area (Å²) in [6.45, 7) is 3.33. The maximum absolute atomic E-state index is 12.2. The van der Waals surface area contributed by atoms with E-state index in [-0.39, 0.29) is 19.4 Å². The fourth-order valence-corrected chi connectivity index (χ4v) is 3.48. The van der Waals surface area contributed by atoms with Crippen LogP contribution in [0.3, 0.4) is 0 Å². The van der Waals surface area contributed by atoms with Crippen molar-refractivity contribution in [2.24, 2.45) is 0 Å². The highest BCUT2D eigenvalue weighted by Gasteiger charge is 2.22. The Balaban J connectivity index is 4.15. The summed E-state index contributed by atoms with van der Waals surface area (Å²) in [6.07, 6.45) is 26.2. The number of esters is 2. The molecule has 0 saturated heterocycles. The fourth-order valence-electron chi connectivity index (χ4n) is 3.12. The summed E-state index contributed by atoms with van der Waals surface area (Å²) in [4.78, 5) is 41.8. The van der Waals surface area contributed by atoms with Gasteiger partial charge in [0.2, 0.25) is 0 Å². The van der Waals surface area contributed by atoms with E-state index in [2.05, 4.69) is 67.0 Å². The molecule has 1 atom stereocenters. The predicted octanol–water partition coefficient (Wildman–Crippen LogP) is 6.89. The first-order valence-electron chi connectivity index (χ1n) is 13.4. The molecule has 9 heteroatoms. The van der Waals surface area contributed by atoms with E-state index in [1.54, 1.807) is 0 Å². The number of carbonyl (C=O) groups is 2. The molecule has 0 aliphatic heterocycles. The molecule has 8 nitrogen and oxygen atoms in total. The zero-order valence-electron chi connectivity index (χ0n) is 22.6. The van der Waals surface area contributed by atoms with Crippen molar-refractivity contribution in [2.75, 3.05) is 13.2 Å². The van der Waals surface area contributed by atoms with E-state index in [4.69, 9.17) is 19.3 Å². The Morgan fingerprint density at radius 2 is 1.30 bits per heavy atom. The number of allylic oxidation sites excluding steroid dienone is 8. The number of unbranched alkanes of at least 4 members (excludes halogenated alkanes) is 5. The Hall–Kier alpha value is -1.99. The van der Waals surface area contributed by atoms with Gasteiger partial charge in [-0.3, -0.25) is 14.1 Å². The fraction of sp³-hybridized carbons (Fsp3) is 0.643. The number of phosphoric ester groups is 1. The normalized spacial score (nSPS) is 13.3. The van der Waals surface area contributed by atoms with Crippen LogP contribution in [-0.4, -0.2) is 41.0 Å². The van der Waals surface area contributed by atoms with Crippen molar-refractivity contribution in [2.45, 2.75) is 103 Å². The topological polar surface area (TPSA) is 119 Å². The maximum Gasteiger partial charge on any atom is 0.469 e. The van der Waals surface area contributed by atoms with Gasteiger partial charge in [0.25, 0.3) is 0 Å². The third-order valence-electron chi connectivity index (χ3n) is 5.11. The average Bonchev–Trinajstić information content (AvgIpc) is 2.85. The molecule has 1 unspecified atom stereocenters. The van der Waals surface area contributed by atoms with E-state index in [9.17, 15) is 14.2 Å². The van der Waals surface area contributed by atoms with Gasteiger partial charge in [-0.25, -0.2) is 4.57 Å². The van der Waals surface area contributed by atoms with E-state index >= 15 is 0 Å². The molecule has 0 aromatic heterocycles. The molecular formula is C28H47O8P. The van der Waals surface area contributed by atoms with Crippen molar-refractivity contribution < 1.29 is 37.9 Å². The van der Waals surface area contributed by atoms with Crippen LogP contribution in [0.5, 0.6) is 0 Å². The molecule has 0 saturated carbocycles. The number of carbonyl (C=O) groups excluding carboxylic acids is 2. The van der Waals surface area contributed by atoms with Gasteiger partial charge in [0.1, 0.15) is 6.61 Å². The standard InChI is InChI=1S/C28H47O8P/c1-3-5-7-9-10-11-12-13-14-15-16-17-18-19-21-23-28(30)36-26(25-35-37(31,32)33)24-34-27(29)22-20-8-6-4-2/h5,7,10-11,13-14,16-17,26H,3-4,6,8-9,12,15,18-25H2,1-2H3,(H2,31,32,33)/b7-5-,11-10-,14-13-,17-16-. The summed E-state index contributed by atoms with van der Waals surface area (Å²) >= 11 is 0. The first-order valence-corrected chi connectivity index (χ1v) is 15.0. The molecule has 0 spiro atoms. The molecule has 0 bridgehead atoms. The summed E-state index contributed by atoms with van der Waals surface area (Å²) in [6, 6.07) is 0. The van der Waals surface area contributed by atoms with Gasteiger partial charge >= 0.3 is 19.8 Å². The minimum Gasteiger partial charge on any atom is -0.462 e. The second kappa shape index (κ2) is 24.4. The largest absolute Gasteiger partial charge is 0.469 e. The van der Waals surface area contributed by atoms with Gasteiger partial charge in [0, 0.05) is 12.8 Å². The Morgan fingerprint density at radius 1 is 0.730 bits per heavy atom. The molecule has 0 heterocycles. The predicted molar refractivity (Wildman–Crippen MR) is 147 cm³/mol. The van der Waals surface area contributed by atoms with Crippen LogP contribution >= 0.6 is 7.82 Å². The van der Waals surface area contributed by atoms with Crippen LogP contribution in [0.25, 0.3) is 0 Å². The first-order chi connectivity index (χ1) is 17.8. The van der Waals surface area contributed by atoms with Gasteiger partial charge in [-0.05, 0) is 51.4 Å². The van der Waals surface area contributed by atoms with Crippen LogP contribution in [0.15, 0.2) is 48.6 Å². The van der Waals surface area contributed by atoms with Crippen LogP contribution in [0.2, 0.25) is 0 Å². The Morgan fingerprint density at radius 3 is 1.89 bits per heavy atom. The van der Waals surface area contributed by atoms with E-state index in [1.165, 1.54) is 0 Å². The second-order valence-corrected chi connectivity index (χ2v) is 9.88. The smallest absolute Gasteiger partial charge is 0.462 e. The van der Waals surface area contributed by atoms with E-state index < -0.39 is 32.5 Å². The quantitative estimate of drug-likeness (QED) is 0.0620. The highest BCUT2D eigenvalue weighted by atomic mass is 31.2. The van der Waals surface area contributed by atoms with Crippen molar-refractivity contribution >= 4 is 19.8 Å². The maximum atomic E-state index is 12.2. The Bertz CT molecular complexity index is 751. The number of hydrogen-bond acceptors (Lipinski definition) is 6. The lowest BCUT2D eigenvalue weighted by atomic mass is 10.1. The van der Waals surface area contributed by atoms with Gasteiger partial charge in [0.05, 0.1) is 6.61 Å². The Kier molecular flexibility index (Phi) is 23.0. The first kappa shape index (κ1) is 35.0. The summed E-state index contributed by atoms with van der Waals surface area (Å²) in [5.74, 6) is -0.963. The van der Waals surface area contributed by atoms with Crippen LogP contribution < -0.4 is 0 Å². The van der Waals surface area contributed by atoms with Crippen molar-refractivity contribution in [1.82, 2.24) is 0 Å². The average molecular weight is 543 g/mol. The zero-order valence-corrected chi connectivity index (χ0v) is 23.5. The molecule has 0 aliphatic rings. The van der Waals surface area contributed by atoms with E-state index in [0.29, 0.717) is 12.8 Å². The lowest BCUT2D eigenvalue weighted by molar-refractivity contribution is -0.161. The zero-order chi connectivity index (χ0) is 27.6. The van der Waals surface area contributed by atoms with Crippen LogP contribution in [0.4, 0.5) is 0 Å².